The van der Waals surface area contributed by atoms with E-state index in [1.165, 1.54) is 0 Å². The first kappa shape index (κ1) is 15.8. The molecule has 0 saturated carbocycles. The topological polar surface area (TPSA) is 95.1 Å². The fourth-order valence-corrected chi connectivity index (χ4v) is 2.47. The second-order valence-electron chi connectivity index (χ2n) is 5.63. The molecule has 2 heterocycles. The van der Waals surface area contributed by atoms with E-state index in [4.69, 9.17) is 9.15 Å². The van der Waals surface area contributed by atoms with Crippen LogP contribution in [0.4, 0.5) is 6.01 Å². The minimum absolute atomic E-state index is 0.00207. The molecule has 0 aliphatic rings. The van der Waals surface area contributed by atoms with Crippen LogP contribution in [0, 0.1) is 0 Å². The number of nitrogens with zero attached hydrogens (tertiary/aromatic N) is 4. The number of benzene rings is 2. The van der Waals surface area contributed by atoms with Crippen molar-refractivity contribution < 1.29 is 13.9 Å². The minimum Gasteiger partial charge on any atom is -0.484 e. The molecule has 0 spiro atoms. The Morgan fingerprint density at radius 1 is 1.15 bits per heavy atom. The average molecular weight is 349 g/mol. The number of carbonyl (C=O) groups excluding carboxylic acids is 1. The molecule has 0 saturated heterocycles. The van der Waals surface area contributed by atoms with Crippen LogP contribution in [-0.2, 0) is 11.8 Å². The highest BCUT2D eigenvalue weighted by Gasteiger charge is 2.13. The first-order valence-electron chi connectivity index (χ1n) is 7.92. The maximum absolute atomic E-state index is 12.0. The molecule has 0 aliphatic carbocycles. The van der Waals surface area contributed by atoms with Gasteiger partial charge in [-0.15, -0.1) is 5.10 Å². The van der Waals surface area contributed by atoms with Crippen molar-refractivity contribution in [1.29, 1.82) is 0 Å². The molecule has 0 fully saturated rings. The van der Waals surface area contributed by atoms with Gasteiger partial charge in [-0.2, -0.15) is 5.10 Å². The largest absolute Gasteiger partial charge is 0.484 e. The van der Waals surface area contributed by atoms with Crippen molar-refractivity contribution in [2.75, 3.05) is 11.9 Å². The maximum atomic E-state index is 12.0. The van der Waals surface area contributed by atoms with Crippen molar-refractivity contribution in [2.45, 2.75) is 0 Å². The molecule has 1 N–H and O–H groups in total. The van der Waals surface area contributed by atoms with Gasteiger partial charge in [0.25, 0.3) is 11.8 Å². The number of aromatic nitrogens is 4. The summed E-state index contributed by atoms with van der Waals surface area (Å²) in [5.74, 6) is 0.448. The Bertz CT molecular complexity index is 1070. The SMILES string of the molecule is Cn1ccc(-c2nnc(NC(=O)COc3ccc4ccccc4c3)o2)n1. The molecule has 8 heteroatoms. The van der Waals surface area contributed by atoms with Gasteiger partial charge < -0.3 is 9.15 Å². The van der Waals surface area contributed by atoms with E-state index in [0.29, 0.717) is 11.4 Å². The van der Waals surface area contributed by atoms with E-state index in [0.717, 1.165) is 10.8 Å². The number of carbonyl (C=O) groups is 1. The molecular formula is C18H15N5O3. The van der Waals surface area contributed by atoms with Crippen molar-refractivity contribution in [2.24, 2.45) is 7.05 Å². The highest BCUT2D eigenvalue weighted by atomic mass is 16.5. The number of anilines is 1. The summed E-state index contributed by atoms with van der Waals surface area (Å²) in [5, 5.41) is 16.5. The standard InChI is InChI=1S/C18H15N5O3/c1-23-9-8-15(22-23)17-20-21-18(26-17)19-16(24)11-25-14-7-6-12-4-2-3-5-13(12)10-14/h2-10H,11H2,1H3,(H,19,21,24). The third kappa shape index (κ3) is 3.39. The molecule has 2 aromatic heterocycles. The fraction of sp³-hybridized carbons (Fsp3) is 0.111. The van der Waals surface area contributed by atoms with Crippen LogP contribution in [-0.4, -0.2) is 32.5 Å². The van der Waals surface area contributed by atoms with Crippen molar-refractivity contribution in [1.82, 2.24) is 20.0 Å². The summed E-state index contributed by atoms with van der Waals surface area (Å²) in [7, 11) is 1.78. The zero-order chi connectivity index (χ0) is 17.9. The molecular weight excluding hydrogens is 334 g/mol. The predicted molar refractivity (Wildman–Crippen MR) is 94.6 cm³/mol. The summed E-state index contributed by atoms with van der Waals surface area (Å²) in [4.78, 5) is 12.0. The van der Waals surface area contributed by atoms with Gasteiger partial charge in [-0.1, -0.05) is 35.4 Å². The molecule has 2 aromatic carbocycles. The van der Waals surface area contributed by atoms with Gasteiger partial charge in [0.2, 0.25) is 0 Å². The summed E-state index contributed by atoms with van der Waals surface area (Å²) >= 11 is 0. The lowest BCUT2D eigenvalue weighted by Crippen LogP contribution is -2.20. The van der Waals surface area contributed by atoms with E-state index in [9.17, 15) is 4.79 Å². The summed E-state index contributed by atoms with van der Waals surface area (Å²) in [6.07, 6.45) is 1.76. The molecule has 1 amide bonds. The van der Waals surface area contributed by atoms with E-state index >= 15 is 0 Å². The molecule has 4 rings (SSSR count). The first-order chi connectivity index (χ1) is 12.7. The molecule has 8 nitrogen and oxygen atoms in total. The van der Waals surface area contributed by atoms with Crippen LogP contribution < -0.4 is 10.1 Å². The molecule has 130 valence electrons. The number of fused-ring (bicyclic) bond motifs is 1. The van der Waals surface area contributed by atoms with Gasteiger partial charge in [0.05, 0.1) is 0 Å². The monoisotopic (exact) mass is 349 g/mol. The molecule has 0 atom stereocenters. The van der Waals surface area contributed by atoms with Crippen molar-refractivity contribution in [3.05, 3.63) is 54.7 Å². The van der Waals surface area contributed by atoms with E-state index < -0.39 is 5.91 Å². The van der Waals surface area contributed by atoms with Gasteiger partial charge in [0, 0.05) is 13.2 Å². The lowest BCUT2D eigenvalue weighted by Gasteiger charge is -2.06. The Morgan fingerprint density at radius 2 is 2.00 bits per heavy atom. The van der Waals surface area contributed by atoms with Crippen LogP contribution >= 0.6 is 0 Å². The highest BCUT2D eigenvalue weighted by molar-refractivity contribution is 5.90. The van der Waals surface area contributed by atoms with Gasteiger partial charge in [0.15, 0.2) is 6.61 Å². The number of nitrogens with one attached hydrogen (secondary N) is 1. The van der Waals surface area contributed by atoms with Crippen molar-refractivity contribution >= 4 is 22.7 Å². The number of amides is 1. The number of rotatable bonds is 5. The van der Waals surface area contributed by atoms with Crippen LogP contribution in [0.2, 0.25) is 0 Å². The summed E-state index contributed by atoms with van der Waals surface area (Å²) < 4.78 is 12.5. The van der Waals surface area contributed by atoms with Gasteiger partial charge >= 0.3 is 6.01 Å². The second-order valence-corrected chi connectivity index (χ2v) is 5.63. The van der Waals surface area contributed by atoms with Crippen LogP contribution in [0.5, 0.6) is 5.75 Å². The van der Waals surface area contributed by atoms with Crippen molar-refractivity contribution in [3.8, 4) is 17.3 Å². The third-order valence-corrected chi connectivity index (χ3v) is 3.69. The molecule has 0 aliphatic heterocycles. The smallest absolute Gasteiger partial charge is 0.322 e. The van der Waals surface area contributed by atoms with E-state index in [2.05, 4.69) is 20.6 Å². The molecule has 0 bridgehead atoms. The van der Waals surface area contributed by atoms with Gasteiger partial charge in [-0.05, 0) is 29.0 Å². The molecule has 0 unspecified atom stereocenters. The number of hydrogen-bond donors (Lipinski definition) is 1. The Balaban J connectivity index is 1.37. The molecule has 0 radical (unpaired) electrons. The maximum Gasteiger partial charge on any atom is 0.322 e. The van der Waals surface area contributed by atoms with E-state index in [-0.39, 0.29) is 18.5 Å². The first-order valence-corrected chi connectivity index (χ1v) is 7.92. The average Bonchev–Trinajstić information content (AvgIpc) is 3.28. The van der Waals surface area contributed by atoms with Gasteiger partial charge in [-0.25, -0.2) is 0 Å². The highest BCUT2D eigenvalue weighted by Crippen LogP contribution is 2.21. The Labute approximate surface area is 148 Å². The van der Waals surface area contributed by atoms with Crippen LogP contribution in [0.15, 0.2) is 59.1 Å². The Kier molecular flexibility index (Phi) is 4.06. The number of hydrogen-bond acceptors (Lipinski definition) is 6. The molecule has 4 aromatic rings. The summed E-state index contributed by atoms with van der Waals surface area (Å²) in [6, 6.07) is 15.3. The quantitative estimate of drug-likeness (QED) is 0.595. The van der Waals surface area contributed by atoms with Crippen molar-refractivity contribution in [3.63, 3.8) is 0 Å². The predicted octanol–water partition coefficient (Wildman–Crippen LogP) is 2.64. The summed E-state index contributed by atoms with van der Waals surface area (Å²) in [6.45, 7) is -0.167. The minimum atomic E-state index is -0.394. The Morgan fingerprint density at radius 3 is 2.81 bits per heavy atom. The number of aryl methyl sites for hydroxylation is 1. The van der Waals surface area contributed by atoms with Crippen LogP contribution in [0.25, 0.3) is 22.4 Å². The van der Waals surface area contributed by atoms with Gasteiger partial charge in [0.1, 0.15) is 11.4 Å². The molecule has 26 heavy (non-hydrogen) atoms. The van der Waals surface area contributed by atoms with E-state index in [1.807, 2.05) is 42.5 Å². The lowest BCUT2D eigenvalue weighted by molar-refractivity contribution is -0.118. The normalized spacial score (nSPS) is 10.8. The fourth-order valence-electron chi connectivity index (χ4n) is 2.47. The zero-order valence-electron chi connectivity index (χ0n) is 13.9. The van der Waals surface area contributed by atoms with Crippen LogP contribution in [0.1, 0.15) is 0 Å². The summed E-state index contributed by atoms with van der Waals surface area (Å²) in [5.41, 5.74) is 0.535. The lowest BCUT2D eigenvalue weighted by atomic mass is 10.1. The second kappa shape index (κ2) is 6.67. The van der Waals surface area contributed by atoms with E-state index in [1.54, 1.807) is 24.0 Å². The van der Waals surface area contributed by atoms with Crippen LogP contribution in [0.3, 0.4) is 0 Å². The third-order valence-electron chi connectivity index (χ3n) is 3.69. The van der Waals surface area contributed by atoms with Gasteiger partial charge in [-0.3, -0.25) is 14.8 Å². The number of ether oxygens (including phenoxy) is 1. The zero-order valence-corrected chi connectivity index (χ0v) is 13.9. The Hall–Kier alpha value is -3.68.